The van der Waals surface area contributed by atoms with Gasteiger partial charge in [-0.15, -0.1) is 6.58 Å². The number of methoxy groups -OCH3 is 1. The molecule has 0 amide bonds. The summed E-state index contributed by atoms with van der Waals surface area (Å²) < 4.78 is 10.2. The fourth-order valence-corrected chi connectivity index (χ4v) is 3.46. The molecule has 0 spiro atoms. The summed E-state index contributed by atoms with van der Waals surface area (Å²) in [6.45, 7) is 4.27. The predicted molar refractivity (Wildman–Crippen MR) is 124 cm³/mol. The van der Waals surface area contributed by atoms with Crippen LogP contribution in [0.15, 0.2) is 73.3 Å². The topological polar surface area (TPSA) is 84.9 Å². The zero-order valence-corrected chi connectivity index (χ0v) is 18.6. The molecule has 0 aromatic heterocycles. The number of carbonyl (C=O) groups excluding carboxylic acids is 2. The molecule has 172 valence electrons. The van der Waals surface area contributed by atoms with Gasteiger partial charge in [-0.25, -0.2) is 0 Å². The molecule has 2 rings (SSSR count). The summed E-state index contributed by atoms with van der Waals surface area (Å²) in [6.07, 6.45) is 1.78. The highest BCUT2D eigenvalue weighted by Crippen LogP contribution is 2.17. The Bertz CT molecular complexity index is 825. The van der Waals surface area contributed by atoms with E-state index in [9.17, 15) is 14.7 Å². The van der Waals surface area contributed by atoms with Crippen molar-refractivity contribution in [2.24, 2.45) is 5.92 Å². The molecule has 0 aliphatic carbocycles. The molecule has 2 aromatic rings. The zero-order valence-electron chi connectivity index (χ0n) is 18.6. The number of hydrogen-bond donors (Lipinski definition) is 2. The van der Waals surface area contributed by atoms with Crippen LogP contribution >= 0.6 is 0 Å². The number of ketones is 1. The van der Waals surface area contributed by atoms with Gasteiger partial charge in [0.15, 0.2) is 5.78 Å². The maximum absolute atomic E-state index is 13.2. The maximum atomic E-state index is 13.2. The number of esters is 1. The Balaban J connectivity index is 2.07. The van der Waals surface area contributed by atoms with Crippen LogP contribution in [0.4, 0.5) is 0 Å². The Hall–Kier alpha value is -2.80. The summed E-state index contributed by atoms with van der Waals surface area (Å²) in [5.41, 5.74) is 1.96. The number of aliphatic hydroxyl groups is 1. The van der Waals surface area contributed by atoms with E-state index in [1.807, 2.05) is 60.7 Å². The Kier molecular flexibility index (Phi) is 11.4. The molecule has 0 fully saturated rings. The summed E-state index contributed by atoms with van der Waals surface area (Å²) in [5, 5.41) is 13.3. The van der Waals surface area contributed by atoms with E-state index in [1.165, 1.54) is 7.11 Å². The van der Waals surface area contributed by atoms with Gasteiger partial charge >= 0.3 is 5.97 Å². The summed E-state index contributed by atoms with van der Waals surface area (Å²) in [7, 11) is 1.34. The molecule has 2 aromatic carbocycles. The second-order valence-corrected chi connectivity index (χ2v) is 7.71. The Morgan fingerprint density at radius 2 is 1.62 bits per heavy atom. The summed E-state index contributed by atoms with van der Waals surface area (Å²) in [6, 6.07) is 18.7. The first-order valence-corrected chi connectivity index (χ1v) is 10.8. The van der Waals surface area contributed by atoms with Crippen molar-refractivity contribution in [2.75, 3.05) is 26.9 Å². The summed E-state index contributed by atoms with van der Waals surface area (Å²) in [5.74, 6) is -1.08. The van der Waals surface area contributed by atoms with Gasteiger partial charge in [0.05, 0.1) is 38.4 Å². The number of Topliss-reactive ketones (excluding diaryl/α,β-unsaturated/α-hetero) is 1. The van der Waals surface area contributed by atoms with Crippen molar-refractivity contribution in [3.05, 3.63) is 84.4 Å². The second-order valence-electron chi connectivity index (χ2n) is 7.71. The van der Waals surface area contributed by atoms with Crippen molar-refractivity contribution in [3.63, 3.8) is 0 Å². The fourth-order valence-electron chi connectivity index (χ4n) is 3.46. The Morgan fingerprint density at radius 3 is 2.19 bits per heavy atom. The number of aliphatic hydroxyl groups excluding tert-OH is 1. The molecular formula is C26H33NO5. The minimum atomic E-state index is -0.762. The lowest BCUT2D eigenvalue weighted by Crippen LogP contribution is -2.44. The van der Waals surface area contributed by atoms with Gasteiger partial charge in [0, 0.05) is 13.0 Å². The quantitative estimate of drug-likeness (QED) is 0.252. The largest absolute Gasteiger partial charge is 0.469 e. The van der Waals surface area contributed by atoms with Crippen LogP contribution in [0.25, 0.3) is 0 Å². The van der Waals surface area contributed by atoms with Gasteiger partial charge in [-0.1, -0.05) is 66.7 Å². The number of ether oxygens (including phenoxy) is 2. The van der Waals surface area contributed by atoms with E-state index in [-0.39, 0.29) is 25.4 Å². The van der Waals surface area contributed by atoms with Crippen LogP contribution in [-0.4, -0.2) is 55.9 Å². The average molecular weight is 440 g/mol. The minimum absolute atomic E-state index is 0.0507. The Morgan fingerprint density at radius 1 is 1.03 bits per heavy atom. The van der Waals surface area contributed by atoms with Gasteiger partial charge in [0.1, 0.15) is 0 Å². The first kappa shape index (κ1) is 25.5. The van der Waals surface area contributed by atoms with Gasteiger partial charge < -0.3 is 19.9 Å². The smallest absolute Gasteiger partial charge is 0.309 e. The number of carbonyl (C=O) groups is 2. The molecule has 32 heavy (non-hydrogen) atoms. The standard InChI is InChI=1S/C26H33NO5/c1-3-14-32-19-23(28)18-27-24(16-21-12-8-5-9-13-21)25(29)17-22(26(30)31-2)15-20-10-6-4-7-11-20/h3-13,22-24,27-28H,1,14-19H2,2H3. The van der Waals surface area contributed by atoms with Crippen LogP contribution in [0.3, 0.4) is 0 Å². The van der Waals surface area contributed by atoms with Crippen molar-refractivity contribution in [1.82, 2.24) is 5.32 Å². The van der Waals surface area contributed by atoms with Crippen LogP contribution < -0.4 is 5.32 Å². The van der Waals surface area contributed by atoms with Gasteiger partial charge in [0.2, 0.25) is 0 Å². The van der Waals surface area contributed by atoms with E-state index < -0.39 is 24.0 Å². The first-order chi connectivity index (χ1) is 15.5. The molecule has 0 bridgehead atoms. The monoisotopic (exact) mass is 439 g/mol. The highest BCUT2D eigenvalue weighted by atomic mass is 16.5. The van der Waals surface area contributed by atoms with Crippen molar-refractivity contribution < 1.29 is 24.2 Å². The first-order valence-electron chi connectivity index (χ1n) is 10.8. The number of rotatable bonds is 15. The Labute approximate surface area is 190 Å². The molecule has 6 nitrogen and oxygen atoms in total. The molecule has 0 aliphatic heterocycles. The van der Waals surface area contributed by atoms with Crippen molar-refractivity contribution in [3.8, 4) is 0 Å². The lowest BCUT2D eigenvalue weighted by Gasteiger charge is -2.22. The lowest BCUT2D eigenvalue weighted by molar-refractivity contribution is -0.147. The van der Waals surface area contributed by atoms with E-state index in [0.717, 1.165) is 11.1 Å². The SMILES string of the molecule is C=CCOCC(O)CNC(Cc1ccccc1)C(=O)CC(Cc1ccccc1)C(=O)OC. The predicted octanol–water partition coefficient (Wildman–Crippen LogP) is 2.74. The third-order valence-corrected chi connectivity index (χ3v) is 5.12. The van der Waals surface area contributed by atoms with Gasteiger partial charge in [-0.2, -0.15) is 0 Å². The number of benzene rings is 2. The highest BCUT2D eigenvalue weighted by Gasteiger charge is 2.28. The van der Waals surface area contributed by atoms with Crippen molar-refractivity contribution in [2.45, 2.75) is 31.4 Å². The van der Waals surface area contributed by atoms with Crippen LogP contribution in [0.1, 0.15) is 17.5 Å². The second kappa shape index (κ2) is 14.3. The third-order valence-electron chi connectivity index (χ3n) is 5.12. The normalized spacial score (nSPS) is 13.7. The van der Waals surface area contributed by atoms with Crippen molar-refractivity contribution >= 4 is 11.8 Å². The molecule has 0 saturated heterocycles. The third kappa shape index (κ3) is 9.14. The van der Waals surface area contributed by atoms with E-state index >= 15 is 0 Å². The molecule has 0 radical (unpaired) electrons. The molecule has 3 atom stereocenters. The minimum Gasteiger partial charge on any atom is -0.469 e. The van der Waals surface area contributed by atoms with Crippen LogP contribution in [0, 0.1) is 5.92 Å². The van der Waals surface area contributed by atoms with E-state index in [2.05, 4.69) is 11.9 Å². The lowest BCUT2D eigenvalue weighted by atomic mass is 9.90. The number of nitrogens with one attached hydrogen (secondary N) is 1. The summed E-state index contributed by atoms with van der Waals surface area (Å²) in [4.78, 5) is 25.6. The van der Waals surface area contributed by atoms with E-state index in [4.69, 9.17) is 9.47 Å². The van der Waals surface area contributed by atoms with E-state index in [1.54, 1.807) is 6.08 Å². The molecule has 0 aliphatic rings. The highest BCUT2D eigenvalue weighted by molar-refractivity contribution is 5.88. The molecule has 3 unspecified atom stereocenters. The fraction of sp³-hybridized carbons (Fsp3) is 0.385. The molecule has 0 saturated carbocycles. The van der Waals surface area contributed by atoms with Gasteiger partial charge in [-0.3, -0.25) is 9.59 Å². The average Bonchev–Trinajstić information content (AvgIpc) is 2.82. The van der Waals surface area contributed by atoms with Crippen LogP contribution in [-0.2, 0) is 31.9 Å². The number of hydrogen-bond acceptors (Lipinski definition) is 6. The summed E-state index contributed by atoms with van der Waals surface area (Å²) >= 11 is 0. The maximum Gasteiger partial charge on any atom is 0.309 e. The molecule has 2 N–H and O–H groups in total. The van der Waals surface area contributed by atoms with Crippen LogP contribution in [0.5, 0.6) is 0 Å². The van der Waals surface area contributed by atoms with Crippen molar-refractivity contribution in [1.29, 1.82) is 0 Å². The molecule has 0 heterocycles. The van der Waals surface area contributed by atoms with Gasteiger partial charge in [0.25, 0.3) is 0 Å². The van der Waals surface area contributed by atoms with Gasteiger partial charge in [-0.05, 0) is 24.0 Å². The van der Waals surface area contributed by atoms with E-state index in [0.29, 0.717) is 19.4 Å². The molecular weight excluding hydrogens is 406 g/mol. The zero-order chi connectivity index (χ0) is 23.2. The molecule has 6 heteroatoms. The van der Waals surface area contributed by atoms with Crippen LogP contribution in [0.2, 0.25) is 0 Å².